The second kappa shape index (κ2) is 4.41. The topological polar surface area (TPSA) is 80.7 Å². The molecule has 0 radical (unpaired) electrons. The maximum Gasteiger partial charge on any atom is 0.418 e. The maximum atomic E-state index is 12.8. The van der Waals surface area contributed by atoms with Crippen molar-refractivity contribution in [1.82, 2.24) is 9.97 Å². The van der Waals surface area contributed by atoms with Gasteiger partial charge in [0.1, 0.15) is 11.3 Å². The molecule has 0 aliphatic rings. The summed E-state index contributed by atoms with van der Waals surface area (Å²) in [4.78, 5) is 7.12. The highest BCUT2D eigenvalue weighted by Crippen LogP contribution is 2.37. The van der Waals surface area contributed by atoms with Crippen molar-refractivity contribution in [3.63, 3.8) is 0 Å². The summed E-state index contributed by atoms with van der Waals surface area (Å²) in [5.41, 5.74) is 11.8. The number of imidazole rings is 1. The van der Waals surface area contributed by atoms with Crippen LogP contribution in [-0.4, -0.2) is 9.97 Å². The van der Waals surface area contributed by atoms with Gasteiger partial charge in [0.25, 0.3) is 0 Å². The van der Waals surface area contributed by atoms with Gasteiger partial charge in [-0.3, -0.25) is 0 Å². The van der Waals surface area contributed by atoms with Crippen molar-refractivity contribution in [1.29, 1.82) is 0 Å². The van der Waals surface area contributed by atoms with Gasteiger partial charge < -0.3 is 16.5 Å². The van der Waals surface area contributed by atoms with Crippen molar-refractivity contribution < 1.29 is 13.2 Å². The minimum Gasteiger partial charge on any atom is -0.399 e. The van der Waals surface area contributed by atoms with E-state index in [1.165, 1.54) is 6.07 Å². The van der Waals surface area contributed by atoms with E-state index in [9.17, 15) is 13.2 Å². The number of anilines is 2. The van der Waals surface area contributed by atoms with E-state index in [2.05, 4.69) is 9.97 Å². The summed E-state index contributed by atoms with van der Waals surface area (Å²) in [6.45, 7) is 0. The number of fused-ring (bicyclic) bond motifs is 1. The van der Waals surface area contributed by atoms with E-state index >= 15 is 0 Å². The van der Waals surface area contributed by atoms with Crippen molar-refractivity contribution in [3.8, 4) is 11.4 Å². The van der Waals surface area contributed by atoms with Gasteiger partial charge >= 0.3 is 6.18 Å². The predicted octanol–water partition coefficient (Wildman–Crippen LogP) is 3.41. The SMILES string of the molecule is Nc1ccc(-c2nc3c(N)c(C(F)(F)F)ccc3[nH]2)cc1. The molecule has 4 nitrogen and oxygen atoms in total. The van der Waals surface area contributed by atoms with Crippen LogP contribution in [0.5, 0.6) is 0 Å². The Balaban J connectivity index is 2.16. The average molecular weight is 292 g/mol. The zero-order valence-corrected chi connectivity index (χ0v) is 10.7. The van der Waals surface area contributed by atoms with Crippen LogP contribution in [0.2, 0.25) is 0 Å². The third kappa shape index (κ3) is 2.26. The second-order valence-corrected chi connectivity index (χ2v) is 4.63. The standard InChI is InChI=1S/C14H11F3N4/c15-14(16,17)9-5-6-10-12(11(9)19)21-13(20-10)7-1-3-8(18)4-2-7/h1-6H,18-19H2,(H,20,21). The van der Waals surface area contributed by atoms with Gasteiger partial charge in [-0.1, -0.05) is 0 Å². The van der Waals surface area contributed by atoms with E-state index in [0.717, 1.165) is 6.07 Å². The van der Waals surface area contributed by atoms with E-state index in [4.69, 9.17) is 11.5 Å². The zero-order chi connectivity index (χ0) is 15.2. The molecule has 2 aromatic carbocycles. The van der Waals surface area contributed by atoms with Crippen LogP contribution in [0.3, 0.4) is 0 Å². The minimum absolute atomic E-state index is 0.108. The molecule has 0 bridgehead atoms. The lowest BCUT2D eigenvalue weighted by atomic mass is 10.1. The molecule has 1 heterocycles. The Morgan fingerprint density at radius 3 is 2.24 bits per heavy atom. The fourth-order valence-electron chi connectivity index (χ4n) is 2.12. The summed E-state index contributed by atoms with van der Waals surface area (Å²) < 4.78 is 38.5. The molecule has 5 N–H and O–H groups in total. The Bertz CT molecular complexity index is 803. The molecule has 0 atom stereocenters. The largest absolute Gasteiger partial charge is 0.418 e. The molecule has 1 aromatic heterocycles. The van der Waals surface area contributed by atoms with Crippen LogP contribution < -0.4 is 11.5 Å². The molecule has 0 aliphatic heterocycles. The van der Waals surface area contributed by atoms with Crippen LogP contribution in [0.4, 0.5) is 24.5 Å². The van der Waals surface area contributed by atoms with Gasteiger partial charge in [0.2, 0.25) is 0 Å². The first-order valence-electron chi connectivity index (χ1n) is 6.07. The highest BCUT2D eigenvalue weighted by molar-refractivity contribution is 5.91. The van der Waals surface area contributed by atoms with E-state index in [1.807, 2.05) is 0 Å². The Morgan fingerprint density at radius 2 is 1.62 bits per heavy atom. The Hall–Kier alpha value is -2.70. The first-order chi connectivity index (χ1) is 9.86. The van der Waals surface area contributed by atoms with Crippen LogP contribution in [0.25, 0.3) is 22.4 Å². The fraction of sp³-hybridized carbons (Fsp3) is 0.0714. The third-order valence-corrected chi connectivity index (χ3v) is 3.18. The van der Waals surface area contributed by atoms with Gasteiger partial charge in [-0.2, -0.15) is 13.2 Å². The van der Waals surface area contributed by atoms with Gasteiger partial charge in [0, 0.05) is 11.3 Å². The van der Waals surface area contributed by atoms with Crippen LogP contribution >= 0.6 is 0 Å². The monoisotopic (exact) mass is 292 g/mol. The molecule has 3 rings (SSSR count). The summed E-state index contributed by atoms with van der Waals surface area (Å²) in [5, 5.41) is 0. The minimum atomic E-state index is -4.50. The Kier molecular flexibility index (Phi) is 2.79. The first kappa shape index (κ1) is 13.3. The molecule has 0 saturated heterocycles. The number of alkyl halides is 3. The summed E-state index contributed by atoms with van der Waals surface area (Å²) in [6.07, 6.45) is -4.50. The number of hydrogen-bond donors (Lipinski definition) is 3. The molecular formula is C14H11F3N4. The van der Waals surface area contributed by atoms with Gasteiger partial charge in [-0.15, -0.1) is 0 Å². The number of aromatic amines is 1. The molecule has 0 saturated carbocycles. The lowest BCUT2D eigenvalue weighted by Gasteiger charge is -2.09. The molecular weight excluding hydrogens is 281 g/mol. The predicted molar refractivity (Wildman–Crippen MR) is 75.4 cm³/mol. The van der Waals surface area contributed by atoms with Crippen molar-refractivity contribution >= 4 is 22.4 Å². The number of benzene rings is 2. The maximum absolute atomic E-state index is 12.8. The molecule has 7 heteroatoms. The molecule has 0 aliphatic carbocycles. The summed E-state index contributed by atoms with van der Waals surface area (Å²) in [7, 11) is 0. The fourth-order valence-corrected chi connectivity index (χ4v) is 2.12. The highest BCUT2D eigenvalue weighted by atomic mass is 19.4. The van der Waals surface area contributed by atoms with Crippen molar-refractivity contribution in [2.24, 2.45) is 0 Å². The summed E-state index contributed by atoms with van der Waals surface area (Å²) in [6, 6.07) is 9.10. The molecule has 0 spiro atoms. The number of aromatic nitrogens is 2. The van der Waals surface area contributed by atoms with Gasteiger partial charge in [-0.05, 0) is 36.4 Å². The molecule has 0 fully saturated rings. The average Bonchev–Trinajstić information content (AvgIpc) is 2.83. The lowest BCUT2D eigenvalue weighted by molar-refractivity contribution is -0.136. The Morgan fingerprint density at radius 1 is 0.952 bits per heavy atom. The van der Waals surface area contributed by atoms with Gasteiger partial charge in [-0.25, -0.2) is 4.98 Å². The zero-order valence-electron chi connectivity index (χ0n) is 10.7. The Labute approximate surface area is 117 Å². The normalized spacial score (nSPS) is 12.0. The smallest absolute Gasteiger partial charge is 0.399 e. The molecule has 3 aromatic rings. The van der Waals surface area contributed by atoms with E-state index in [0.29, 0.717) is 22.6 Å². The molecule has 0 amide bonds. The number of rotatable bonds is 1. The number of nitrogens with zero attached hydrogens (tertiary/aromatic N) is 1. The summed E-state index contributed by atoms with van der Waals surface area (Å²) in [5.74, 6) is 0.441. The van der Waals surface area contributed by atoms with Gasteiger partial charge in [0.15, 0.2) is 0 Å². The van der Waals surface area contributed by atoms with E-state index < -0.39 is 11.7 Å². The third-order valence-electron chi connectivity index (χ3n) is 3.18. The number of H-pyrrole nitrogens is 1. The van der Waals surface area contributed by atoms with Crippen molar-refractivity contribution in [3.05, 3.63) is 42.0 Å². The van der Waals surface area contributed by atoms with Crippen molar-refractivity contribution in [2.45, 2.75) is 6.18 Å². The quantitative estimate of drug-likeness (QED) is 0.601. The van der Waals surface area contributed by atoms with Crippen LogP contribution in [0, 0.1) is 0 Å². The number of hydrogen-bond acceptors (Lipinski definition) is 3. The lowest BCUT2D eigenvalue weighted by Crippen LogP contribution is -2.08. The van der Waals surface area contributed by atoms with Crippen LogP contribution in [0.15, 0.2) is 36.4 Å². The van der Waals surface area contributed by atoms with Gasteiger partial charge in [0.05, 0.1) is 16.8 Å². The number of halogens is 3. The highest BCUT2D eigenvalue weighted by Gasteiger charge is 2.34. The van der Waals surface area contributed by atoms with E-state index in [-0.39, 0.29) is 11.2 Å². The van der Waals surface area contributed by atoms with Crippen LogP contribution in [0.1, 0.15) is 5.56 Å². The number of nitrogens with two attached hydrogens (primary N) is 2. The number of nitrogens with one attached hydrogen (secondary N) is 1. The molecule has 108 valence electrons. The first-order valence-corrected chi connectivity index (χ1v) is 6.07. The van der Waals surface area contributed by atoms with E-state index in [1.54, 1.807) is 24.3 Å². The molecule has 21 heavy (non-hydrogen) atoms. The van der Waals surface area contributed by atoms with Crippen LogP contribution in [-0.2, 0) is 6.18 Å². The molecule has 0 unspecified atom stereocenters. The summed E-state index contributed by atoms with van der Waals surface area (Å²) >= 11 is 0. The number of nitrogen functional groups attached to an aromatic ring is 2. The van der Waals surface area contributed by atoms with Crippen molar-refractivity contribution in [2.75, 3.05) is 11.5 Å². The second-order valence-electron chi connectivity index (χ2n) is 4.63.